The van der Waals surface area contributed by atoms with Crippen LogP contribution in [0.25, 0.3) is 0 Å². The number of thiazole rings is 1. The predicted molar refractivity (Wildman–Crippen MR) is 176 cm³/mol. The predicted octanol–water partition coefficient (Wildman–Crippen LogP) is 6.06. The number of carbonyl (C=O) groups excluding carboxylic acids is 3. The van der Waals surface area contributed by atoms with E-state index in [1.54, 1.807) is 18.2 Å². The van der Waals surface area contributed by atoms with Crippen LogP contribution in [0.5, 0.6) is 5.75 Å². The maximum absolute atomic E-state index is 14.0. The largest absolute Gasteiger partial charge is 0.484 e. The fraction of sp³-hybridized carbons (Fsp3) is 0.294. The van der Waals surface area contributed by atoms with Gasteiger partial charge < -0.3 is 15.0 Å². The number of hydrogen-bond acceptors (Lipinski definition) is 9. The van der Waals surface area contributed by atoms with Crippen molar-refractivity contribution in [1.29, 1.82) is 0 Å². The topological polar surface area (TPSA) is 152 Å². The number of anilines is 2. The van der Waals surface area contributed by atoms with Crippen LogP contribution >= 0.6 is 23.1 Å². The SMILES string of the molecule is O=C(COc1cccc([C@@H]2c3sc(=O)[nH]c3S[C@@H]3[C@@H]4C[C@@H]([C@@H]5C(=O)N(c6ccc([N+](=O)[O-])cc6)C(=O)[C@@H]45)[C@H]23)c1)Nc1cccc(C(F)(F)F)c1. The number of H-pyrrole nitrogens is 1. The van der Waals surface area contributed by atoms with E-state index in [1.807, 2.05) is 6.07 Å². The van der Waals surface area contributed by atoms with Crippen LogP contribution in [0.15, 0.2) is 82.6 Å². The number of nitro groups is 1. The average Bonchev–Trinajstić information content (AvgIpc) is 3.82. The molecule has 3 heterocycles. The maximum Gasteiger partial charge on any atom is 0.416 e. The number of non-ortho nitro benzene ring substituents is 1. The molecule has 3 aromatic carbocycles. The third-order valence-corrected chi connectivity index (χ3v) is 12.7. The fourth-order valence-electron chi connectivity index (χ4n) is 8.28. The Morgan fingerprint density at radius 1 is 1.00 bits per heavy atom. The summed E-state index contributed by atoms with van der Waals surface area (Å²) in [6.07, 6.45) is -3.90. The van der Waals surface area contributed by atoms with E-state index in [0.29, 0.717) is 17.2 Å². The molecule has 50 heavy (non-hydrogen) atoms. The van der Waals surface area contributed by atoms with Crippen molar-refractivity contribution in [1.82, 2.24) is 4.98 Å². The molecule has 11 nitrogen and oxygen atoms in total. The van der Waals surface area contributed by atoms with Crippen LogP contribution in [-0.4, -0.2) is 39.5 Å². The highest BCUT2D eigenvalue weighted by molar-refractivity contribution is 8.00. The summed E-state index contributed by atoms with van der Waals surface area (Å²) in [7, 11) is 0. The second kappa shape index (κ2) is 11.8. The highest BCUT2D eigenvalue weighted by atomic mass is 32.2. The van der Waals surface area contributed by atoms with E-state index in [9.17, 15) is 42.5 Å². The standard InChI is InChI=1S/C34H25F3N4O7S2/c35-34(36,37)16-4-2-5-17(12-16)38-23(42)14-48-20-6-1-3-15(11-20)24-25-21-13-22(28(25)49-30-29(24)50-33(45)39-30)27-26(21)31(43)40(32(27)44)18-7-9-19(10-8-18)41(46)47/h1-12,21-22,24-28H,13-14H2,(H,38,42)(H,39,45)/t21-,22-,24+,25-,26+,27+,28-/m1/s1. The molecular weight excluding hydrogens is 698 g/mol. The Labute approximate surface area is 289 Å². The van der Waals surface area contributed by atoms with E-state index in [1.165, 1.54) is 48.2 Å². The number of fused-ring (bicyclic) bond motifs is 9. The molecule has 16 heteroatoms. The number of rotatable bonds is 7. The van der Waals surface area contributed by atoms with Gasteiger partial charge >= 0.3 is 11.0 Å². The molecule has 0 spiro atoms. The molecule has 0 unspecified atom stereocenters. The number of aromatic nitrogens is 1. The van der Waals surface area contributed by atoms with Crippen LogP contribution in [0, 0.1) is 39.7 Å². The number of ether oxygens (including phenoxy) is 1. The molecular formula is C34H25F3N4O7S2. The first kappa shape index (κ1) is 32.3. The van der Waals surface area contributed by atoms with Crippen LogP contribution in [0.3, 0.4) is 0 Å². The summed E-state index contributed by atoms with van der Waals surface area (Å²) in [5.74, 6) is -2.86. The number of aromatic amines is 1. The summed E-state index contributed by atoms with van der Waals surface area (Å²) in [5, 5.41) is 14.2. The van der Waals surface area contributed by atoms with E-state index in [-0.39, 0.29) is 62.7 Å². The normalized spacial score (nSPS) is 26.4. The molecule has 3 fully saturated rings. The van der Waals surface area contributed by atoms with Crippen molar-refractivity contribution in [3.8, 4) is 5.75 Å². The number of alkyl halides is 3. The Kier molecular flexibility index (Phi) is 7.63. The summed E-state index contributed by atoms with van der Waals surface area (Å²) in [6, 6.07) is 16.7. The molecule has 256 valence electrons. The summed E-state index contributed by atoms with van der Waals surface area (Å²) >= 11 is 2.62. The van der Waals surface area contributed by atoms with Crippen molar-refractivity contribution in [2.24, 2.45) is 29.6 Å². The van der Waals surface area contributed by atoms with Gasteiger partial charge in [0.05, 0.1) is 33.0 Å². The average molecular weight is 723 g/mol. The minimum absolute atomic E-state index is 0.0236. The third-order valence-electron chi connectivity index (χ3n) is 10.1. The Balaban J connectivity index is 1.05. The highest BCUT2D eigenvalue weighted by Gasteiger charge is 2.69. The van der Waals surface area contributed by atoms with E-state index >= 15 is 0 Å². The number of amides is 3. The van der Waals surface area contributed by atoms with Crippen molar-refractivity contribution in [2.75, 3.05) is 16.8 Å². The molecule has 1 saturated heterocycles. The van der Waals surface area contributed by atoms with Crippen molar-refractivity contribution in [2.45, 2.75) is 28.8 Å². The van der Waals surface area contributed by atoms with Gasteiger partial charge in [-0.25, -0.2) is 0 Å². The molecule has 2 N–H and O–H groups in total. The van der Waals surface area contributed by atoms with Gasteiger partial charge in [-0.2, -0.15) is 13.2 Å². The Morgan fingerprint density at radius 2 is 1.72 bits per heavy atom. The number of thioether (sulfide) groups is 1. The van der Waals surface area contributed by atoms with Gasteiger partial charge in [0.2, 0.25) is 11.8 Å². The van der Waals surface area contributed by atoms with E-state index in [2.05, 4.69) is 10.3 Å². The number of nitrogens with one attached hydrogen (secondary N) is 2. The number of halogens is 3. The highest BCUT2D eigenvalue weighted by Crippen LogP contribution is 2.68. The van der Waals surface area contributed by atoms with Gasteiger partial charge in [0.1, 0.15) is 5.75 Å². The lowest BCUT2D eigenvalue weighted by atomic mass is 9.68. The molecule has 0 radical (unpaired) electrons. The monoisotopic (exact) mass is 722 g/mol. The number of hydrogen-bond donors (Lipinski definition) is 2. The van der Waals surface area contributed by atoms with Gasteiger partial charge in [0.15, 0.2) is 6.61 Å². The Morgan fingerprint density at radius 3 is 2.44 bits per heavy atom. The number of carbonyl (C=O) groups is 3. The molecule has 2 saturated carbocycles. The molecule has 1 aromatic heterocycles. The second-order valence-electron chi connectivity index (χ2n) is 12.7. The molecule has 7 atom stereocenters. The lowest BCUT2D eigenvalue weighted by Gasteiger charge is -2.43. The van der Waals surface area contributed by atoms with E-state index < -0.39 is 41.0 Å². The van der Waals surface area contributed by atoms with Gasteiger partial charge in [-0.3, -0.25) is 34.2 Å². The molecule has 2 bridgehead atoms. The van der Waals surface area contributed by atoms with Crippen molar-refractivity contribution in [3.05, 3.63) is 109 Å². The summed E-state index contributed by atoms with van der Waals surface area (Å²) in [4.78, 5) is 68.4. The van der Waals surface area contributed by atoms with Crippen LogP contribution < -0.4 is 19.8 Å². The number of imide groups is 1. The molecule has 2 aliphatic carbocycles. The summed E-state index contributed by atoms with van der Waals surface area (Å²) < 4.78 is 45.1. The minimum atomic E-state index is -4.56. The third kappa shape index (κ3) is 5.28. The zero-order valence-electron chi connectivity index (χ0n) is 25.6. The van der Waals surface area contributed by atoms with Crippen LogP contribution in [-0.2, 0) is 20.6 Å². The van der Waals surface area contributed by atoms with Gasteiger partial charge in [-0.05, 0) is 72.2 Å². The maximum atomic E-state index is 14.0. The molecule has 3 amide bonds. The minimum Gasteiger partial charge on any atom is -0.484 e. The summed E-state index contributed by atoms with van der Waals surface area (Å²) in [6.45, 7) is -0.474. The molecule has 8 rings (SSSR count). The second-order valence-corrected chi connectivity index (χ2v) is 14.9. The van der Waals surface area contributed by atoms with Crippen LogP contribution in [0.4, 0.5) is 30.2 Å². The first-order valence-electron chi connectivity index (χ1n) is 15.6. The van der Waals surface area contributed by atoms with Gasteiger partial charge in [-0.1, -0.05) is 29.5 Å². The molecule has 4 aliphatic rings. The molecule has 4 aromatic rings. The van der Waals surface area contributed by atoms with Gasteiger partial charge in [0.25, 0.3) is 11.6 Å². The number of benzene rings is 3. The fourth-order valence-corrected chi connectivity index (χ4v) is 11.2. The smallest absolute Gasteiger partial charge is 0.416 e. The van der Waals surface area contributed by atoms with Gasteiger partial charge in [0, 0.05) is 33.9 Å². The first-order valence-corrected chi connectivity index (χ1v) is 17.3. The van der Waals surface area contributed by atoms with Gasteiger partial charge in [-0.15, -0.1) is 11.8 Å². The number of nitrogens with zero attached hydrogens (tertiary/aromatic N) is 2. The van der Waals surface area contributed by atoms with E-state index in [4.69, 9.17) is 4.74 Å². The van der Waals surface area contributed by atoms with Crippen LogP contribution in [0.2, 0.25) is 0 Å². The number of nitro benzene ring substituents is 1. The quantitative estimate of drug-likeness (QED) is 0.133. The van der Waals surface area contributed by atoms with Crippen LogP contribution in [0.1, 0.15) is 28.3 Å². The zero-order chi connectivity index (χ0) is 35.1. The van der Waals surface area contributed by atoms with Crippen molar-refractivity contribution >= 4 is 57.9 Å². The van der Waals surface area contributed by atoms with Crippen molar-refractivity contribution < 1.29 is 37.2 Å². The van der Waals surface area contributed by atoms with E-state index in [0.717, 1.165) is 38.8 Å². The Bertz CT molecular complexity index is 2140. The first-order chi connectivity index (χ1) is 23.9. The van der Waals surface area contributed by atoms with Crippen molar-refractivity contribution in [3.63, 3.8) is 0 Å². The zero-order valence-corrected chi connectivity index (χ0v) is 27.2. The molecule has 2 aliphatic heterocycles. The summed E-state index contributed by atoms with van der Waals surface area (Å²) in [5.41, 5.74) is 0.0113. The Hall–Kier alpha value is -4.96. The lowest BCUT2D eigenvalue weighted by molar-refractivity contribution is -0.384. The lowest BCUT2D eigenvalue weighted by Crippen LogP contribution is -2.42.